The SMILES string of the molecule is O=C(NCc1cccs1)c1ccc(C(=O)NCc2cccs2)nc1. The van der Waals surface area contributed by atoms with E-state index in [0.29, 0.717) is 24.3 Å². The topological polar surface area (TPSA) is 71.1 Å². The highest BCUT2D eigenvalue weighted by molar-refractivity contribution is 7.10. The lowest BCUT2D eigenvalue weighted by Crippen LogP contribution is -2.25. The lowest BCUT2D eigenvalue weighted by Gasteiger charge is -2.05. The highest BCUT2D eigenvalue weighted by atomic mass is 32.1. The largest absolute Gasteiger partial charge is 0.347 e. The van der Waals surface area contributed by atoms with Crippen molar-refractivity contribution in [3.05, 3.63) is 74.4 Å². The van der Waals surface area contributed by atoms with Crippen molar-refractivity contribution in [1.82, 2.24) is 15.6 Å². The molecule has 0 atom stereocenters. The monoisotopic (exact) mass is 357 g/mol. The number of amides is 2. The number of hydrogen-bond acceptors (Lipinski definition) is 5. The summed E-state index contributed by atoms with van der Waals surface area (Å²) in [4.78, 5) is 30.3. The van der Waals surface area contributed by atoms with E-state index in [1.807, 2.05) is 35.0 Å². The second kappa shape index (κ2) is 7.85. The van der Waals surface area contributed by atoms with Crippen LogP contribution in [0.1, 0.15) is 30.6 Å². The molecular formula is C17H15N3O2S2. The molecule has 3 rings (SSSR count). The molecule has 122 valence electrons. The van der Waals surface area contributed by atoms with Gasteiger partial charge in [-0.2, -0.15) is 0 Å². The van der Waals surface area contributed by atoms with Crippen molar-refractivity contribution in [2.75, 3.05) is 0 Å². The molecule has 0 aliphatic heterocycles. The molecule has 0 radical (unpaired) electrons. The van der Waals surface area contributed by atoms with E-state index in [1.54, 1.807) is 34.8 Å². The smallest absolute Gasteiger partial charge is 0.270 e. The minimum Gasteiger partial charge on any atom is -0.347 e. The first-order chi connectivity index (χ1) is 11.7. The number of rotatable bonds is 6. The number of aromatic nitrogens is 1. The number of nitrogens with one attached hydrogen (secondary N) is 2. The Morgan fingerprint density at radius 1 is 0.875 bits per heavy atom. The zero-order chi connectivity index (χ0) is 16.8. The third-order valence-electron chi connectivity index (χ3n) is 3.26. The summed E-state index contributed by atoms with van der Waals surface area (Å²) in [6.45, 7) is 0.959. The molecule has 0 aliphatic carbocycles. The average Bonchev–Trinajstić information content (AvgIpc) is 3.31. The van der Waals surface area contributed by atoms with Gasteiger partial charge in [-0.05, 0) is 35.0 Å². The van der Waals surface area contributed by atoms with Gasteiger partial charge in [-0.25, -0.2) is 0 Å². The molecule has 24 heavy (non-hydrogen) atoms. The van der Waals surface area contributed by atoms with Gasteiger partial charge in [0.15, 0.2) is 0 Å². The third kappa shape index (κ3) is 4.27. The van der Waals surface area contributed by atoms with Crippen molar-refractivity contribution >= 4 is 34.5 Å². The van der Waals surface area contributed by atoms with Crippen molar-refractivity contribution in [3.63, 3.8) is 0 Å². The standard InChI is InChI=1S/C17H15N3O2S2/c21-16(19-10-13-3-1-7-23-13)12-5-6-15(18-9-12)17(22)20-11-14-4-2-8-24-14/h1-9H,10-11H2,(H,19,21)(H,20,22). The second-order valence-corrected chi connectivity index (χ2v) is 7.02. The molecule has 0 aliphatic rings. The van der Waals surface area contributed by atoms with Gasteiger partial charge < -0.3 is 10.6 Å². The Bertz CT molecular complexity index is 728. The third-order valence-corrected chi connectivity index (χ3v) is 5.02. The maximum atomic E-state index is 12.1. The van der Waals surface area contributed by atoms with E-state index >= 15 is 0 Å². The van der Waals surface area contributed by atoms with Gasteiger partial charge in [-0.1, -0.05) is 12.1 Å². The van der Waals surface area contributed by atoms with Crippen LogP contribution in [-0.2, 0) is 13.1 Å². The fourth-order valence-electron chi connectivity index (χ4n) is 2.02. The van der Waals surface area contributed by atoms with Crippen molar-refractivity contribution in [3.8, 4) is 0 Å². The predicted molar refractivity (Wildman–Crippen MR) is 95.2 cm³/mol. The Kier molecular flexibility index (Phi) is 5.35. The normalized spacial score (nSPS) is 10.3. The quantitative estimate of drug-likeness (QED) is 0.712. The molecule has 0 saturated heterocycles. The fraction of sp³-hybridized carbons (Fsp3) is 0.118. The molecule has 3 heterocycles. The number of carbonyl (C=O) groups excluding carboxylic acids is 2. The summed E-state index contributed by atoms with van der Waals surface area (Å²) in [5, 5.41) is 9.56. The Balaban J connectivity index is 1.54. The van der Waals surface area contributed by atoms with Gasteiger partial charge in [0.1, 0.15) is 5.69 Å². The van der Waals surface area contributed by atoms with Gasteiger partial charge in [0, 0.05) is 16.0 Å². The van der Waals surface area contributed by atoms with Gasteiger partial charge in [0.2, 0.25) is 0 Å². The Morgan fingerprint density at radius 2 is 1.50 bits per heavy atom. The van der Waals surface area contributed by atoms with Crippen LogP contribution in [0.3, 0.4) is 0 Å². The molecule has 3 aromatic rings. The molecule has 0 bridgehead atoms. The van der Waals surface area contributed by atoms with Crippen LogP contribution in [0.5, 0.6) is 0 Å². The minimum absolute atomic E-state index is 0.207. The maximum Gasteiger partial charge on any atom is 0.270 e. The van der Waals surface area contributed by atoms with Crippen molar-refractivity contribution < 1.29 is 9.59 Å². The summed E-state index contributed by atoms with van der Waals surface area (Å²) in [6, 6.07) is 11.0. The van der Waals surface area contributed by atoms with E-state index in [9.17, 15) is 9.59 Å². The first-order valence-corrected chi connectivity index (χ1v) is 9.05. The molecule has 0 spiro atoms. The van der Waals surface area contributed by atoms with Gasteiger partial charge in [0.05, 0.1) is 18.7 Å². The zero-order valence-corrected chi connectivity index (χ0v) is 14.3. The molecule has 7 heteroatoms. The summed E-state index contributed by atoms with van der Waals surface area (Å²) in [6.07, 6.45) is 1.42. The number of pyridine rings is 1. The van der Waals surface area contributed by atoms with Crippen molar-refractivity contribution in [2.24, 2.45) is 0 Å². The van der Waals surface area contributed by atoms with E-state index < -0.39 is 0 Å². The zero-order valence-electron chi connectivity index (χ0n) is 12.7. The molecule has 5 nitrogen and oxygen atoms in total. The lowest BCUT2D eigenvalue weighted by atomic mass is 10.2. The molecular weight excluding hydrogens is 342 g/mol. The van der Waals surface area contributed by atoms with Crippen LogP contribution in [0, 0.1) is 0 Å². The summed E-state index contributed by atoms with van der Waals surface area (Å²) < 4.78 is 0. The van der Waals surface area contributed by atoms with E-state index in [0.717, 1.165) is 9.75 Å². The number of hydrogen-bond donors (Lipinski definition) is 2. The van der Waals surface area contributed by atoms with E-state index in [-0.39, 0.29) is 11.8 Å². The summed E-state index contributed by atoms with van der Waals surface area (Å²) in [7, 11) is 0. The predicted octanol–water partition coefficient (Wildman–Crippen LogP) is 3.06. The summed E-state index contributed by atoms with van der Waals surface area (Å²) in [5.41, 5.74) is 0.725. The Morgan fingerprint density at radius 3 is 2.00 bits per heavy atom. The van der Waals surface area contributed by atoms with E-state index in [2.05, 4.69) is 15.6 Å². The van der Waals surface area contributed by atoms with Crippen LogP contribution in [0.4, 0.5) is 0 Å². The van der Waals surface area contributed by atoms with Gasteiger partial charge in [-0.3, -0.25) is 14.6 Å². The van der Waals surface area contributed by atoms with E-state index in [1.165, 1.54) is 6.20 Å². The van der Waals surface area contributed by atoms with Crippen LogP contribution in [-0.4, -0.2) is 16.8 Å². The van der Waals surface area contributed by atoms with Crippen LogP contribution < -0.4 is 10.6 Å². The summed E-state index contributed by atoms with van der Waals surface area (Å²) in [5.74, 6) is -0.463. The molecule has 0 unspecified atom stereocenters. The maximum absolute atomic E-state index is 12.1. The molecule has 0 saturated carbocycles. The van der Waals surface area contributed by atoms with Crippen molar-refractivity contribution in [2.45, 2.75) is 13.1 Å². The van der Waals surface area contributed by atoms with Crippen LogP contribution in [0.25, 0.3) is 0 Å². The molecule has 3 aromatic heterocycles. The number of thiophene rings is 2. The molecule has 2 amide bonds. The van der Waals surface area contributed by atoms with Crippen LogP contribution >= 0.6 is 22.7 Å². The minimum atomic E-state index is -0.256. The first kappa shape index (κ1) is 16.4. The van der Waals surface area contributed by atoms with Gasteiger partial charge in [0.25, 0.3) is 11.8 Å². The molecule has 2 N–H and O–H groups in total. The Hall–Kier alpha value is -2.51. The van der Waals surface area contributed by atoms with Crippen LogP contribution in [0.2, 0.25) is 0 Å². The molecule has 0 fully saturated rings. The average molecular weight is 357 g/mol. The van der Waals surface area contributed by atoms with E-state index in [4.69, 9.17) is 0 Å². The Labute approximate surface area is 147 Å². The van der Waals surface area contributed by atoms with Crippen LogP contribution in [0.15, 0.2) is 53.4 Å². The first-order valence-electron chi connectivity index (χ1n) is 7.29. The second-order valence-electron chi connectivity index (χ2n) is 4.96. The van der Waals surface area contributed by atoms with Gasteiger partial charge in [-0.15, -0.1) is 22.7 Å². The van der Waals surface area contributed by atoms with Crippen molar-refractivity contribution in [1.29, 1.82) is 0 Å². The highest BCUT2D eigenvalue weighted by Gasteiger charge is 2.10. The molecule has 0 aromatic carbocycles. The summed E-state index contributed by atoms with van der Waals surface area (Å²) >= 11 is 3.17. The fourth-order valence-corrected chi connectivity index (χ4v) is 3.31. The highest BCUT2D eigenvalue weighted by Crippen LogP contribution is 2.09. The number of nitrogens with zero attached hydrogens (tertiary/aromatic N) is 1. The lowest BCUT2D eigenvalue weighted by molar-refractivity contribution is 0.0935. The number of carbonyl (C=O) groups is 2. The van der Waals surface area contributed by atoms with Gasteiger partial charge >= 0.3 is 0 Å².